The van der Waals surface area contributed by atoms with Gasteiger partial charge in [0.1, 0.15) is 0 Å². The van der Waals surface area contributed by atoms with Crippen LogP contribution in [0.25, 0.3) is 0 Å². The normalized spacial score (nSPS) is 12.9. The van der Waals surface area contributed by atoms with Gasteiger partial charge < -0.3 is 5.11 Å². The van der Waals surface area contributed by atoms with Crippen molar-refractivity contribution >= 4 is 23.2 Å². The lowest BCUT2D eigenvalue weighted by atomic mass is 10.0. The molecule has 1 aromatic carbocycles. The second kappa shape index (κ2) is 5.59. The van der Waals surface area contributed by atoms with Crippen molar-refractivity contribution in [2.75, 3.05) is 0 Å². The summed E-state index contributed by atoms with van der Waals surface area (Å²) in [5.74, 6) is 0. The van der Waals surface area contributed by atoms with Gasteiger partial charge in [-0.2, -0.15) is 0 Å². The van der Waals surface area contributed by atoms with E-state index in [1.807, 2.05) is 0 Å². The van der Waals surface area contributed by atoms with Crippen molar-refractivity contribution in [1.29, 1.82) is 0 Å². The summed E-state index contributed by atoms with van der Waals surface area (Å²) in [5, 5.41) is 10.9. The van der Waals surface area contributed by atoms with E-state index in [1.165, 1.54) is 0 Å². The molecule has 1 nitrogen and oxygen atoms in total. The molecule has 0 bridgehead atoms. The molecule has 0 heterocycles. The van der Waals surface area contributed by atoms with Gasteiger partial charge in [0.2, 0.25) is 0 Å². The minimum Gasteiger partial charge on any atom is -0.388 e. The Morgan fingerprint density at radius 3 is 2.64 bits per heavy atom. The third-order valence-corrected chi connectivity index (χ3v) is 2.72. The van der Waals surface area contributed by atoms with Crippen LogP contribution in [0.15, 0.2) is 18.2 Å². The molecule has 3 heteroatoms. The van der Waals surface area contributed by atoms with Gasteiger partial charge in [0, 0.05) is 10.0 Å². The van der Waals surface area contributed by atoms with Gasteiger partial charge in [-0.05, 0) is 24.1 Å². The van der Waals surface area contributed by atoms with Crippen LogP contribution in [-0.2, 0) is 0 Å². The molecule has 1 rings (SSSR count). The Balaban J connectivity index is 2.74. The summed E-state index contributed by atoms with van der Waals surface area (Å²) in [7, 11) is 0. The highest BCUT2D eigenvalue weighted by atomic mass is 35.5. The molecule has 0 aromatic heterocycles. The summed E-state index contributed by atoms with van der Waals surface area (Å²) in [6.45, 7) is 2.09. The standard InChI is InChI=1S/C11H14Cl2O/c1-2-3-4-11(14)9-6-5-8(12)7-10(9)13/h5-7,11,14H,2-4H2,1H3. The van der Waals surface area contributed by atoms with E-state index in [4.69, 9.17) is 23.2 Å². The molecule has 0 spiro atoms. The molecule has 1 atom stereocenters. The van der Waals surface area contributed by atoms with Gasteiger partial charge in [0.15, 0.2) is 0 Å². The number of halogens is 2. The van der Waals surface area contributed by atoms with Crippen LogP contribution in [-0.4, -0.2) is 5.11 Å². The Labute approximate surface area is 94.7 Å². The Bertz CT molecular complexity index is 299. The highest BCUT2D eigenvalue weighted by molar-refractivity contribution is 6.35. The molecular weight excluding hydrogens is 219 g/mol. The second-order valence-electron chi connectivity index (χ2n) is 3.32. The Hall–Kier alpha value is -0.240. The van der Waals surface area contributed by atoms with Crippen LogP contribution >= 0.6 is 23.2 Å². The van der Waals surface area contributed by atoms with Crippen LogP contribution in [0, 0.1) is 0 Å². The van der Waals surface area contributed by atoms with Gasteiger partial charge >= 0.3 is 0 Å². The minimum atomic E-state index is -0.472. The smallest absolute Gasteiger partial charge is 0.0804 e. The predicted octanol–water partition coefficient (Wildman–Crippen LogP) is 4.22. The number of rotatable bonds is 4. The Morgan fingerprint density at radius 2 is 2.07 bits per heavy atom. The molecule has 0 saturated carbocycles. The fourth-order valence-corrected chi connectivity index (χ4v) is 1.86. The number of hydrogen-bond donors (Lipinski definition) is 1. The SMILES string of the molecule is CCCCC(O)c1ccc(Cl)cc1Cl. The van der Waals surface area contributed by atoms with Crippen molar-refractivity contribution < 1.29 is 5.11 Å². The van der Waals surface area contributed by atoms with Crippen molar-refractivity contribution in [2.24, 2.45) is 0 Å². The van der Waals surface area contributed by atoms with Crippen LogP contribution in [0.1, 0.15) is 37.9 Å². The molecule has 0 amide bonds. The van der Waals surface area contributed by atoms with Gasteiger partial charge in [-0.1, -0.05) is 49.0 Å². The minimum absolute atomic E-state index is 0.472. The molecular formula is C11H14Cl2O. The van der Waals surface area contributed by atoms with Crippen molar-refractivity contribution in [3.05, 3.63) is 33.8 Å². The van der Waals surface area contributed by atoms with E-state index in [9.17, 15) is 5.11 Å². The molecule has 78 valence electrons. The van der Waals surface area contributed by atoms with Gasteiger partial charge in [-0.3, -0.25) is 0 Å². The zero-order valence-electron chi connectivity index (χ0n) is 8.13. The summed E-state index contributed by atoms with van der Waals surface area (Å²) in [6, 6.07) is 5.19. The molecule has 1 N–H and O–H groups in total. The van der Waals surface area contributed by atoms with Gasteiger partial charge in [0.05, 0.1) is 6.10 Å². The second-order valence-corrected chi connectivity index (χ2v) is 4.17. The number of aliphatic hydroxyl groups is 1. The van der Waals surface area contributed by atoms with Crippen LogP contribution in [0.4, 0.5) is 0 Å². The predicted molar refractivity (Wildman–Crippen MR) is 60.9 cm³/mol. The first-order valence-corrected chi connectivity index (χ1v) is 5.53. The third-order valence-electron chi connectivity index (χ3n) is 2.15. The van der Waals surface area contributed by atoms with E-state index in [1.54, 1.807) is 18.2 Å². The lowest BCUT2D eigenvalue weighted by molar-refractivity contribution is 0.164. The highest BCUT2D eigenvalue weighted by Crippen LogP contribution is 2.28. The molecule has 0 aliphatic heterocycles. The third kappa shape index (κ3) is 3.16. The zero-order chi connectivity index (χ0) is 10.6. The number of aliphatic hydroxyl groups excluding tert-OH is 1. The van der Waals surface area contributed by atoms with Crippen LogP contribution in [0.3, 0.4) is 0 Å². The molecule has 1 aromatic rings. The average Bonchev–Trinajstić information content (AvgIpc) is 2.14. The van der Waals surface area contributed by atoms with Gasteiger partial charge in [-0.15, -0.1) is 0 Å². The Kier molecular flexibility index (Phi) is 4.73. The molecule has 0 aliphatic carbocycles. The van der Waals surface area contributed by atoms with E-state index >= 15 is 0 Å². The van der Waals surface area contributed by atoms with Crippen LogP contribution < -0.4 is 0 Å². The number of hydrogen-bond acceptors (Lipinski definition) is 1. The molecule has 0 fully saturated rings. The lowest BCUT2D eigenvalue weighted by Gasteiger charge is -2.12. The molecule has 0 radical (unpaired) electrons. The zero-order valence-corrected chi connectivity index (χ0v) is 9.65. The maximum absolute atomic E-state index is 9.80. The quantitative estimate of drug-likeness (QED) is 0.825. The first kappa shape index (κ1) is 11.8. The molecule has 14 heavy (non-hydrogen) atoms. The first-order valence-electron chi connectivity index (χ1n) is 4.78. The lowest BCUT2D eigenvalue weighted by Crippen LogP contribution is -1.97. The van der Waals surface area contributed by atoms with Crippen molar-refractivity contribution in [3.63, 3.8) is 0 Å². The monoisotopic (exact) mass is 232 g/mol. The maximum Gasteiger partial charge on any atom is 0.0804 e. The first-order chi connectivity index (χ1) is 6.65. The van der Waals surface area contributed by atoms with E-state index < -0.39 is 6.10 Å². The summed E-state index contributed by atoms with van der Waals surface area (Å²) in [4.78, 5) is 0. The van der Waals surface area contributed by atoms with E-state index in [2.05, 4.69) is 6.92 Å². The molecule has 0 saturated heterocycles. The highest BCUT2D eigenvalue weighted by Gasteiger charge is 2.10. The van der Waals surface area contributed by atoms with E-state index in [-0.39, 0.29) is 0 Å². The van der Waals surface area contributed by atoms with Crippen LogP contribution in [0.5, 0.6) is 0 Å². The summed E-state index contributed by atoms with van der Waals surface area (Å²) in [5.41, 5.74) is 0.768. The van der Waals surface area contributed by atoms with Crippen LogP contribution in [0.2, 0.25) is 10.0 Å². The average molecular weight is 233 g/mol. The van der Waals surface area contributed by atoms with E-state index in [0.29, 0.717) is 10.0 Å². The van der Waals surface area contributed by atoms with Gasteiger partial charge in [-0.25, -0.2) is 0 Å². The number of benzene rings is 1. The van der Waals surface area contributed by atoms with Gasteiger partial charge in [0.25, 0.3) is 0 Å². The topological polar surface area (TPSA) is 20.2 Å². The maximum atomic E-state index is 9.80. The summed E-state index contributed by atoms with van der Waals surface area (Å²) >= 11 is 11.7. The fraction of sp³-hybridized carbons (Fsp3) is 0.455. The Morgan fingerprint density at radius 1 is 1.36 bits per heavy atom. The van der Waals surface area contributed by atoms with E-state index in [0.717, 1.165) is 24.8 Å². The largest absolute Gasteiger partial charge is 0.388 e. The fourth-order valence-electron chi connectivity index (χ4n) is 1.32. The number of unbranched alkanes of at least 4 members (excludes halogenated alkanes) is 1. The molecule has 0 aliphatic rings. The van der Waals surface area contributed by atoms with Crippen molar-refractivity contribution in [2.45, 2.75) is 32.3 Å². The van der Waals surface area contributed by atoms with Crippen molar-refractivity contribution in [1.82, 2.24) is 0 Å². The summed E-state index contributed by atoms with van der Waals surface area (Å²) in [6.07, 6.45) is 2.35. The van der Waals surface area contributed by atoms with Crippen molar-refractivity contribution in [3.8, 4) is 0 Å². The molecule has 1 unspecified atom stereocenters. The summed E-state index contributed by atoms with van der Waals surface area (Å²) < 4.78 is 0.